The van der Waals surface area contributed by atoms with Gasteiger partial charge < -0.3 is 14.9 Å². The van der Waals surface area contributed by atoms with Crippen LogP contribution in [-0.4, -0.2) is 84.7 Å². The standard InChI is InChI=1S/C27H35N3O2/c1-28(2)19-26(32)29-16-6-7-17-30-24(18-29)27(25(30)20-31)23-14-12-22(13-15-23)11-10-21-8-4-3-5-9-21/h3-5,8-15,24-25,27,31H,6-7,16-20H2,1-2H3/t24-,25+,27+/m0/s1. The van der Waals surface area contributed by atoms with Crippen molar-refractivity contribution in [3.63, 3.8) is 0 Å². The molecule has 0 spiro atoms. The molecular weight excluding hydrogens is 398 g/mol. The fourth-order valence-electron chi connectivity index (χ4n) is 5.12. The summed E-state index contributed by atoms with van der Waals surface area (Å²) in [7, 11) is 3.88. The first-order valence-electron chi connectivity index (χ1n) is 11.7. The fourth-order valence-corrected chi connectivity index (χ4v) is 5.12. The molecule has 170 valence electrons. The van der Waals surface area contributed by atoms with Crippen LogP contribution in [0.2, 0.25) is 0 Å². The molecule has 0 aliphatic carbocycles. The Balaban J connectivity index is 1.49. The monoisotopic (exact) mass is 433 g/mol. The predicted molar refractivity (Wildman–Crippen MR) is 130 cm³/mol. The molecule has 0 aromatic heterocycles. The number of carbonyl (C=O) groups excluding carboxylic acids is 1. The summed E-state index contributed by atoms with van der Waals surface area (Å²) in [5, 5.41) is 10.1. The van der Waals surface area contributed by atoms with E-state index < -0.39 is 0 Å². The third-order valence-corrected chi connectivity index (χ3v) is 6.76. The van der Waals surface area contributed by atoms with Crippen molar-refractivity contribution in [1.82, 2.24) is 14.7 Å². The van der Waals surface area contributed by atoms with Gasteiger partial charge in [0.05, 0.1) is 13.2 Å². The van der Waals surface area contributed by atoms with E-state index in [-0.39, 0.29) is 30.5 Å². The van der Waals surface area contributed by atoms with E-state index >= 15 is 0 Å². The summed E-state index contributed by atoms with van der Waals surface area (Å²) in [6, 6.07) is 19.4. The first-order chi connectivity index (χ1) is 15.6. The maximum absolute atomic E-state index is 12.8. The number of aliphatic hydroxyl groups is 1. The average molecular weight is 434 g/mol. The summed E-state index contributed by atoms with van der Waals surface area (Å²) in [6.45, 7) is 3.17. The van der Waals surface area contributed by atoms with Gasteiger partial charge in [0.1, 0.15) is 0 Å². The van der Waals surface area contributed by atoms with Crippen LogP contribution in [0.15, 0.2) is 54.6 Å². The lowest BCUT2D eigenvalue weighted by Gasteiger charge is -2.57. The highest BCUT2D eigenvalue weighted by atomic mass is 16.3. The van der Waals surface area contributed by atoms with Gasteiger partial charge in [-0.2, -0.15) is 0 Å². The van der Waals surface area contributed by atoms with Gasteiger partial charge >= 0.3 is 0 Å². The molecule has 3 atom stereocenters. The molecule has 4 rings (SSSR count). The number of nitrogens with zero attached hydrogens (tertiary/aromatic N) is 3. The lowest BCUT2D eigenvalue weighted by Crippen LogP contribution is -2.68. The number of rotatable bonds is 6. The number of carbonyl (C=O) groups is 1. The molecule has 2 aromatic carbocycles. The first-order valence-corrected chi connectivity index (χ1v) is 11.7. The zero-order chi connectivity index (χ0) is 22.5. The van der Waals surface area contributed by atoms with Crippen LogP contribution in [0.4, 0.5) is 0 Å². The third kappa shape index (κ3) is 5.12. The molecule has 2 heterocycles. The number of aliphatic hydroxyl groups excluding tert-OH is 1. The van der Waals surface area contributed by atoms with Gasteiger partial charge in [-0.3, -0.25) is 9.69 Å². The highest BCUT2D eigenvalue weighted by Gasteiger charge is 2.49. The second kappa shape index (κ2) is 10.4. The zero-order valence-corrected chi connectivity index (χ0v) is 19.2. The second-order valence-electron chi connectivity index (χ2n) is 9.28. The second-order valence-corrected chi connectivity index (χ2v) is 9.28. The Labute approximate surface area is 191 Å². The van der Waals surface area contributed by atoms with Gasteiger partial charge in [-0.05, 0) is 50.2 Å². The van der Waals surface area contributed by atoms with E-state index in [0.29, 0.717) is 6.54 Å². The van der Waals surface area contributed by atoms with Crippen molar-refractivity contribution < 1.29 is 9.90 Å². The molecule has 1 amide bonds. The highest BCUT2D eigenvalue weighted by Crippen LogP contribution is 2.42. The van der Waals surface area contributed by atoms with Crippen molar-refractivity contribution in [2.45, 2.75) is 30.8 Å². The van der Waals surface area contributed by atoms with Crippen molar-refractivity contribution in [2.24, 2.45) is 0 Å². The number of hydrogen-bond acceptors (Lipinski definition) is 4. The summed E-state index contributed by atoms with van der Waals surface area (Å²) in [4.78, 5) is 19.2. The van der Waals surface area contributed by atoms with Crippen LogP contribution in [0.5, 0.6) is 0 Å². The lowest BCUT2D eigenvalue weighted by atomic mass is 9.74. The predicted octanol–water partition coefficient (Wildman–Crippen LogP) is 3.17. The van der Waals surface area contributed by atoms with Crippen molar-refractivity contribution in [2.75, 3.05) is 46.9 Å². The molecule has 2 fully saturated rings. The molecule has 0 saturated carbocycles. The van der Waals surface area contributed by atoms with E-state index in [1.54, 1.807) is 0 Å². The molecule has 0 unspecified atom stereocenters. The van der Waals surface area contributed by atoms with Gasteiger partial charge in [-0.25, -0.2) is 0 Å². The van der Waals surface area contributed by atoms with Crippen LogP contribution in [0, 0.1) is 0 Å². The highest BCUT2D eigenvalue weighted by molar-refractivity contribution is 5.78. The maximum atomic E-state index is 12.8. The summed E-state index contributed by atoms with van der Waals surface area (Å²) in [5.74, 6) is 0.448. The topological polar surface area (TPSA) is 47.0 Å². The molecule has 0 bridgehead atoms. The molecule has 2 aliphatic rings. The maximum Gasteiger partial charge on any atom is 0.236 e. The zero-order valence-electron chi connectivity index (χ0n) is 19.2. The van der Waals surface area contributed by atoms with Crippen molar-refractivity contribution in [1.29, 1.82) is 0 Å². The minimum atomic E-state index is 0.134. The summed E-state index contributed by atoms with van der Waals surface area (Å²) >= 11 is 0. The molecule has 2 aromatic rings. The number of benzene rings is 2. The first kappa shape index (κ1) is 22.7. The van der Waals surface area contributed by atoms with Gasteiger partial charge in [0.2, 0.25) is 5.91 Å². The fraction of sp³-hybridized carbons (Fsp3) is 0.444. The Bertz CT molecular complexity index is 910. The van der Waals surface area contributed by atoms with Crippen molar-refractivity contribution in [3.05, 3.63) is 71.3 Å². The van der Waals surface area contributed by atoms with Gasteiger partial charge in [0.15, 0.2) is 0 Å². The quantitative estimate of drug-likeness (QED) is 0.711. The summed E-state index contributed by atoms with van der Waals surface area (Å²) in [6.07, 6.45) is 6.34. The minimum Gasteiger partial charge on any atom is -0.395 e. The van der Waals surface area contributed by atoms with Crippen molar-refractivity contribution in [3.8, 4) is 0 Å². The van der Waals surface area contributed by atoms with Crippen LogP contribution in [0.3, 0.4) is 0 Å². The van der Waals surface area contributed by atoms with E-state index in [9.17, 15) is 9.90 Å². The lowest BCUT2D eigenvalue weighted by molar-refractivity contribution is -0.137. The smallest absolute Gasteiger partial charge is 0.236 e. The Kier molecular flexibility index (Phi) is 7.40. The van der Waals surface area contributed by atoms with Gasteiger partial charge in [0, 0.05) is 31.1 Å². The Morgan fingerprint density at radius 2 is 1.66 bits per heavy atom. The van der Waals surface area contributed by atoms with E-state index in [4.69, 9.17) is 0 Å². The van der Waals surface area contributed by atoms with Gasteiger partial charge in [0.25, 0.3) is 0 Å². The third-order valence-electron chi connectivity index (χ3n) is 6.76. The molecular formula is C27H35N3O2. The van der Waals surface area contributed by atoms with Crippen LogP contribution < -0.4 is 0 Å². The summed E-state index contributed by atoms with van der Waals surface area (Å²) in [5.41, 5.74) is 3.60. The Hall–Kier alpha value is -2.47. The summed E-state index contributed by atoms with van der Waals surface area (Å²) < 4.78 is 0. The molecule has 5 heteroatoms. The molecule has 2 aliphatic heterocycles. The average Bonchev–Trinajstić information content (AvgIpc) is 2.77. The van der Waals surface area contributed by atoms with Crippen LogP contribution in [-0.2, 0) is 4.79 Å². The Morgan fingerprint density at radius 3 is 2.31 bits per heavy atom. The number of likely N-dealkylation sites (N-methyl/N-ethyl adjacent to an activating group) is 1. The molecule has 5 nitrogen and oxygen atoms in total. The van der Waals surface area contributed by atoms with E-state index in [1.807, 2.05) is 42.1 Å². The van der Waals surface area contributed by atoms with Gasteiger partial charge in [-0.15, -0.1) is 0 Å². The number of amides is 1. The normalized spacial score (nSPS) is 24.1. The Morgan fingerprint density at radius 1 is 1.00 bits per heavy atom. The number of hydrogen-bond donors (Lipinski definition) is 1. The minimum absolute atomic E-state index is 0.134. The van der Waals surface area contributed by atoms with E-state index in [1.165, 1.54) is 11.1 Å². The molecule has 2 saturated heterocycles. The van der Waals surface area contributed by atoms with E-state index in [2.05, 4.69) is 53.5 Å². The van der Waals surface area contributed by atoms with Crippen LogP contribution >= 0.6 is 0 Å². The SMILES string of the molecule is CN(C)CC(=O)N1CCCCN2[C@H](CO)[C@H](c3ccc(C=Cc4ccccc4)cc3)[C@@H]2C1. The molecule has 32 heavy (non-hydrogen) atoms. The van der Waals surface area contributed by atoms with Crippen molar-refractivity contribution >= 4 is 18.1 Å². The molecule has 0 radical (unpaired) electrons. The molecule has 1 N–H and O–H groups in total. The largest absolute Gasteiger partial charge is 0.395 e. The van der Waals surface area contributed by atoms with E-state index in [0.717, 1.165) is 38.0 Å². The van der Waals surface area contributed by atoms with Gasteiger partial charge in [-0.1, -0.05) is 66.7 Å². The van der Waals surface area contributed by atoms with Crippen LogP contribution in [0.1, 0.15) is 35.4 Å². The van der Waals surface area contributed by atoms with Crippen LogP contribution in [0.25, 0.3) is 12.2 Å². The number of fused-ring (bicyclic) bond motifs is 1.